The van der Waals surface area contributed by atoms with Gasteiger partial charge in [-0.1, -0.05) is 28.4 Å². The summed E-state index contributed by atoms with van der Waals surface area (Å²) >= 11 is 3.43. The minimum atomic E-state index is -0.301. The van der Waals surface area contributed by atoms with E-state index < -0.39 is 0 Å². The summed E-state index contributed by atoms with van der Waals surface area (Å²) in [5, 5.41) is 0. The van der Waals surface area contributed by atoms with Gasteiger partial charge in [0, 0.05) is 55.2 Å². The Labute approximate surface area is 167 Å². The van der Waals surface area contributed by atoms with Gasteiger partial charge < -0.3 is 14.7 Å². The van der Waals surface area contributed by atoms with Crippen molar-refractivity contribution in [3.8, 4) is 0 Å². The second-order valence-corrected chi connectivity index (χ2v) is 8.58. The van der Waals surface area contributed by atoms with E-state index in [9.17, 15) is 14.4 Å². The van der Waals surface area contributed by atoms with Crippen LogP contribution in [0.3, 0.4) is 0 Å². The first-order chi connectivity index (χ1) is 13.0. The number of amides is 3. The Balaban J connectivity index is 1.34. The molecule has 2 aliphatic heterocycles. The Kier molecular flexibility index (Phi) is 5.21. The topological polar surface area (TPSA) is 60.9 Å². The number of anilines is 1. The van der Waals surface area contributed by atoms with Crippen molar-refractivity contribution in [2.45, 2.75) is 25.7 Å². The lowest BCUT2D eigenvalue weighted by Gasteiger charge is -2.38. The van der Waals surface area contributed by atoms with Crippen LogP contribution in [-0.2, 0) is 14.4 Å². The van der Waals surface area contributed by atoms with Gasteiger partial charge in [-0.2, -0.15) is 0 Å². The molecule has 1 aromatic carbocycles. The number of halogens is 1. The van der Waals surface area contributed by atoms with Gasteiger partial charge in [-0.15, -0.1) is 0 Å². The second kappa shape index (κ2) is 7.62. The molecule has 0 bridgehead atoms. The van der Waals surface area contributed by atoms with Crippen LogP contribution in [0.5, 0.6) is 0 Å². The Morgan fingerprint density at radius 2 is 1.59 bits per heavy atom. The molecule has 1 atom stereocenters. The first-order valence-corrected chi connectivity index (χ1v) is 10.5. The van der Waals surface area contributed by atoms with Gasteiger partial charge in [-0.3, -0.25) is 14.4 Å². The van der Waals surface area contributed by atoms with E-state index >= 15 is 0 Å². The van der Waals surface area contributed by atoms with Crippen LogP contribution in [0.25, 0.3) is 0 Å². The molecular formula is C20H24BrN3O3. The van der Waals surface area contributed by atoms with Crippen molar-refractivity contribution >= 4 is 39.3 Å². The first kappa shape index (κ1) is 18.5. The van der Waals surface area contributed by atoms with Gasteiger partial charge in [0.25, 0.3) is 0 Å². The highest BCUT2D eigenvalue weighted by atomic mass is 79.9. The summed E-state index contributed by atoms with van der Waals surface area (Å²) in [4.78, 5) is 43.1. The summed E-state index contributed by atoms with van der Waals surface area (Å²) in [6.07, 6.45) is 3.42. The molecule has 0 N–H and O–H groups in total. The van der Waals surface area contributed by atoms with Crippen LogP contribution in [0.15, 0.2) is 28.7 Å². The van der Waals surface area contributed by atoms with Crippen molar-refractivity contribution in [1.82, 2.24) is 9.80 Å². The predicted octanol–water partition coefficient (Wildman–Crippen LogP) is 2.27. The standard InChI is InChI=1S/C20H24BrN3O3/c21-16-5-2-6-17(12-16)24-13-15(11-18(24)25)20(27)23-9-7-22(8-10-23)19(26)14-3-1-4-14/h2,5-6,12,14-15H,1,3-4,7-11,13H2. The molecule has 3 fully saturated rings. The molecule has 1 saturated carbocycles. The predicted molar refractivity (Wildman–Crippen MR) is 105 cm³/mol. The molecule has 3 amide bonds. The third-order valence-corrected chi connectivity index (χ3v) is 6.44. The molecule has 2 heterocycles. The number of carbonyl (C=O) groups is 3. The van der Waals surface area contributed by atoms with E-state index in [1.165, 1.54) is 0 Å². The van der Waals surface area contributed by atoms with E-state index in [0.29, 0.717) is 32.7 Å². The van der Waals surface area contributed by atoms with Gasteiger partial charge in [-0.05, 0) is 31.0 Å². The largest absolute Gasteiger partial charge is 0.339 e. The number of piperazine rings is 1. The van der Waals surface area contributed by atoms with Crippen molar-refractivity contribution in [2.24, 2.45) is 11.8 Å². The number of nitrogens with zero attached hydrogens (tertiary/aromatic N) is 3. The fourth-order valence-electron chi connectivity index (χ4n) is 4.09. The molecule has 27 heavy (non-hydrogen) atoms. The lowest BCUT2D eigenvalue weighted by molar-refractivity contribution is -0.145. The minimum absolute atomic E-state index is 0.00903. The SMILES string of the molecule is O=C(C1CCC1)N1CCN(C(=O)C2CC(=O)N(c3cccc(Br)c3)C2)CC1. The van der Waals surface area contributed by atoms with Crippen LogP contribution < -0.4 is 4.90 Å². The molecule has 7 heteroatoms. The van der Waals surface area contributed by atoms with E-state index in [1.54, 1.807) is 4.90 Å². The minimum Gasteiger partial charge on any atom is -0.339 e. The van der Waals surface area contributed by atoms with Crippen LogP contribution >= 0.6 is 15.9 Å². The third-order valence-electron chi connectivity index (χ3n) is 5.95. The summed E-state index contributed by atoms with van der Waals surface area (Å²) < 4.78 is 0.912. The maximum atomic E-state index is 12.9. The Bertz CT molecular complexity index is 757. The average Bonchev–Trinajstić information content (AvgIpc) is 3.01. The maximum absolute atomic E-state index is 12.9. The molecular weight excluding hydrogens is 410 g/mol. The average molecular weight is 434 g/mol. The number of hydrogen-bond acceptors (Lipinski definition) is 3. The zero-order valence-electron chi connectivity index (χ0n) is 15.3. The Morgan fingerprint density at radius 1 is 0.963 bits per heavy atom. The molecule has 0 radical (unpaired) electrons. The highest BCUT2D eigenvalue weighted by Crippen LogP contribution is 2.30. The zero-order valence-corrected chi connectivity index (χ0v) is 16.9. The molecule has 144 valence electrons. The number of benzene rings is 1. The number of rotatable bonds is 3. The van der Waals surface area contributed by atoms with Crippen molar-refractivity contribution in [2.75, 3.05) is 37.6 Å². The lowest BCUT2D eigenvalue weighted by atomic mass is 9.84. The van der Waals surface area contributed by atoms with Crippen molar-refractivity contribution < 1.29 is 14.4 Å². The molecule has 2 saturated heterocycles. The van der Waals surface area contributed by atoms with Crippen LogP contribution in [0.4, 0.5) is 5.69 Å². The highest BCUT2D eigenvalue weighted by molar-refractivity contribution is 9.10. The molecule has 1 aliphatic carbocycles. The smallest absolute Gasteiger partial charge is 0.228 e. The molecule has 1 aromatic rings. The van der Waals surface area contributed by atoms with Crippen molar-refractivity contribution in [1.29, 1.82) is 0 Å². The molecule has 4 rings (SSSR count). The molecule has 6 nitrogen and oxygen atoms in total. The van der Waals surface area contributed by atoms with E-state index in [0.717, 1.165) is 29.4 Å². The lowest BCUT2D eigenvalue weighted by Crippen LogP contribution is -2.53. The molecule has 3 aliphatic rings. The monoisotopic (exact) mass is 433 g/mol. The van der Waals surface area contributed by atoms with Crippen LogP contribution in [0.2, 0.25) is 0 Å². The summed E-state index contributed by atoms with van der Waals surface area (Å²) in [7, 11) is 0. The molecule has 1 unspecified atom stereocenters. The van der Waals surface area contributed by atoms with E-state index in [-0.39, 0.29) is 36.0 Å². The van der Waals surface area contributed by atoms with Crippen LogP contribution in [0, 0.1) is 11.8 Å². The van der Waals surface area contributed by atoms with Gasteiger partial charge in [-0.25, -0.2) is 0 Å². The van der Waals surface area contributed by atoms with Gasteiger partial charge in [0.2, 0.25) is 17.7 Å². The Hall–Kier alpha value is -1.89. The summed E-state index contributed by atoms with van der Waals surface area (Å²) in [6.45, 7) is 2.78. The van der Waals surface area contributed by atoms with E-state index in [1.807, 2.05) is 34.1 Å². The molecule has 0 spiro atoms. The van der Waals surface area contributed by atoms with Crippen molar-refractivity contribution in [3.05, 3.63) is 28.7 Å². The number of hydrogen-bond donors (Lipinski definition) is 0. The fraction of sp³-hybridized carbons (Fsp3) is 0.550. The van der Waals surface area contributed by atoms with Crippen LogP contribution in [-0.4, -0.2) is 60.2 Å². The van der Waals surface area contributed by atoms with Gasteiger partial charge >= 0.3 is 0 Å². The fourth-order valence-corrected chi connectivity index (χ4v) is 4.47. The first-order valence-electron chi connectivity index (χ1n) is 9.66. The summed E-state index contributed by atoms with van der Waals surface area (Å²) in [5.41, 5.74) is 0.820. The van der Waals surface area contributed by atoms with E-state index in [2.05, 4.69) is 15.9 Å². The summed E-state index contributed by atoms with van der Waals surface area (Å²) in [6, 6.07) is 7.59. The van der Waals surface area contributed by atoms with E-state index in [4.69, 9.17) is 0 Å². The van der Waals surface area contributed by atoms with Gasteiger partial charge in [0.05, 0.1) is 5.92 Å². The Morgan fingerprint density at radius 3 is 2.15 bits per heavy atom. The van der Waals surface area contributed by atoms with Crippen molar-refractivity contribution in [3.63, 3.8) is 0 Å². The third kappa shape index (κ3) is 3.74. The molecule has 0 aromatic heterocycles. The van der Waals surface area contributed by atoms with Crippen LogP contribution in [0.1, 0.15) is 25.7 Å². The zero-order chi connectivity index (χ0) is 19.0. The number of carbonyl (C=O) groups excluding carboxylic acids is 3. The van der Waals surface area contributed by atoms with Gasteiger partial charge in [0.15, 0.2) is 0 Å². The second-order valence-electron chi connectivity index (χ2n) is 7.66. The normalized spacial score (nSPS) is 23.5. The summed E-state index contributed by atoms with van der Waals surface area (Å²) in [5.74, 6) is 0.191. The highest BCUT2D eigenvalue weighted by Gasteiger charge is 2.39. The maximum Gasteiger partial charge on any atom is 0.228 e. The van der Waals surface area contributed by atoms with Gasteiger partial charge in [0.1, 0.15) is 0 Å². The quantitative estimate of drug-likeness (QED) is 0.734.